The van der Waals surface area contributed by atoms with Gasteiger partial charge in [0.1, 0.15) is 18.1 Å². The van der Waals surface area contributed by atoms with Gasteiger partial charge in [-0.05, 0) is 54.7 Å². The van der Waals surface area contributed by atoms with Gasteiger partial charge >= 0.3 is 0 Å². The van der Waals surface area contributed by atoms with Crippen LogP contribution in [0.3, 0.4) is 0 Å². The molecule has 0 aromatic heterocycles. The Kier molecular flexibility index (Phi) is 4.05. The lowest BCUT2D eigenvalue weighted by atomic mass is 10.1. The largest absolute Gasteiger partial charge is 0.484 e. The third kappa shape index (κ3) is 2.72. The summed E-state index contributed by atoms with van der Waals surface area (Å²) in [6, 6.07) is 9.67. The van der Waals surface area contributed by atoms with Crippen LogP contribution in [0.4, 0.5) is 0 Å². The predicted octanol–water partition coefficient (Wildman–Crippen LogP) is 5.29. The molecule has 2 aromatic carbocycles. The van der Waals surface area contributed by atoms with E-state index in [1.807, 2.05) is 19.1 Å². The molecule has 1 aliphatic rings. The van der Waals surface area contributed by atoms with Gasteiger partial charge in [0.15, 0.2) is 0 Å². The zero-order valence-corrected chi connectivity index (χ0v) is 13.9. The molecule has 108 valence electrons. The summed E-state index contributed by atoms with van der Waals surface area (Å²) in [6.07, 6.45) is 2.75. The summed E-state index contributed by atoms with van der Waals surface area (Å²) in [6.45, 7) is 1.88. The van der Waals surface area contributed by atoms with E-state index in [2.05, 4.69) is 28.1 Å². The fourth-order valence-electron chi connectivity index (χ4n) is 2.74. The number of carbonyl (C=O) groups is 1. The molecule has 0 saturated carbocycles. The van der Waals surface area contributed by atoms with E-state index in [0.29, 0.717) is 16.3 Å². The van der Waals surface area contributed by atoms with E-state index in [0.717, 1.165) is 29.2 Å². The highest BCUT2D eigenvalue weighted by molar-refractivity contribution is 9.10. The molecule has 0 heterocycles. The zero-order valence-electron chi connectivity index (χ0n) is 11.5. The van der Waals surface area contributed by atoms with Crippen molar-refractivity contribution in [3.8, 4) is 5.75 Å². The number of carbonyl (C=O) groups excluding carboxylic acids is 1. The summed E-state index contributed by atoms with van der Waals surface area (Å²) in [7, 11) is 0. The van der Waals surface area contributed by atoms with Crippen LogP contribution in [0.5, 0.6) is 5.75 Å². The predicted molar refractivity (Wildman–Crippen MR) is 87.4 cm³/mol. The Balaban J connectivity index is 1.91. The molecule has 3 rings (SSSR count). The van der Waals surface area contributed by atoms with Gasteiger partial charge in [-0.1, -0.05) is 39.7 Å². The highest BCUT2D eigenvalue weighted by Gasteiger charge is 2.26. The number of benzene rings is 2. The Bertz CT molecular complexity index is 712. The number of rotatable bonds is 3. The van der Waals surface area contributed by atoms with E-state index in [1.165, 1.54) is 11.1 Å². The molecule has 2 nitrogen and oxygen atoms in total. The third-order valence-electron chi connectivity index (χ3n) is 3.88. The molecule has 0 saturated heterocycles. The van der Waals surface area contributed by atoms with Crippen molar-refractivity contribution in [1.29, 1.82) is 0 Å². The van der Waals surface area contributed by atoms with Crippen molar-refractivity contribution in [1.82, 2.24) is 0 Å². The van der Waals surface area contributed by atoms with E-state index in [1.54, 1.807) is 6.07 Å². The van der Waals surface area contributed by atoms with Crippen molar-refractivity contribution < 1.29 is 9.53 Å². The molecule has 0 amide bonds. The maximum absolute atomic E-state index is 10.9. The minimum Gasteiger partial charge on any atom is -0.484 e. The summed E-state index contributed by atoms with van der Waals surface area (Å²) in [5.74, 6) is 0.637. The van der Waals surface area contributed by atoms with Crippen LogP contribution in [0, 0.1) is 6.92 Å². The molecule has 0 radical (unpaired) electrons. The Morgan fingerprint density at radius 3 is 2.95 bits per heavy atom. The molecule has 2 aromatic rings. The van der Waals surface area contributed by atoms with Gasteiger partial charge in [-0.3, -0.25) is 4.79 Å². The standard InChI is InChI=1S/C17H14BrClO2/c1-10-7-17(15(19)8-11(10)9-20)21-16-6-5-12-13(16)3-2-4-14(12)18/h2-4,7-9,16H,5-6H2,1H3/t16-/m0/s1. The third-order valence-corrected chi connectivity index (χ3v) is 4.91. The Hall–Kier alpha value is -1.32. The number of aryl methyl sites for hydroxylation is 1. The van der Waals surface area contributed by atoms with Crippen molar-refractivity contribution in [3.63, 3.8) is 0 Å². The number of hydrogen-bond donors (Lipinski definition) is 0. The second-order valence-corrected chi connectivity index (χ2v) is 6.47. The summed E-state index contributed by atoms with van der Waals surface area (Å²) < 4.78 is 7.23. The second kappa shape index (κ2) is 5.82. The average molecular weight is 366 g/mol. The Morgan fingerprint density at radius 1 is 1.38 bits per heavy atom. The van der Waals surface area contributed by atoms with Crippen LogP contribution in [0.15, 0.2) is 34.8 Å². The number of aldehydes is 1. The maximum Gasteiger partial charge on any atom is 0.150 e. The number of halogens is 2. The van der Waals surface area contributed by atoms with Crippen molar-refractivity contribution in [2.75, 3.05) is 0 Å². The molecule has 0 bridgehead atoms. The van der Waals surface area contributed by atoms with Crippen molar-refractivity contribution in [2.45, 2.75) is 25.9 Å². The summed E-state index contributed by atoms with van der Waals surface area (Å²) >= 11 is 9.81. The molecule has 4 heteroatoms. The highest BCUT2D eigenvalue weighted by atomic mass is 79.9. The Morgan fingerprint density at radius 2 is 2.19 bits per heavy atom. The summed E-state index contributed by atoms with van der Waals surface area (Å²) in [5, 5.41) is 0.478. The number of hydrogen-bond acceptors (Lipinski definition) is 2. The van der Waals surface area contributed by atoms with Crippen LogP contribution in [0.2, 0.25) is 5.02 Å². The van der Waals surface area contributed by atoms with Crippen molar-refractivity contribution >= 4 is 33.8 Å². The molecule has 0 N–H and O–H groups in total. The molecule has 0 aliphatic heterocycles. The van der Waals surface area contributed by atoms with Crippen LogP contribution >= 0.6 is 27.5 Å². The van der Waals surface area contributed by atoms with Gasteiger partial charge in [-0.2, -0.15) is 0 Å². The fourth-order valence-corrected chi connectivity index (χ4v) is 3.53. The zero-order chi connectivity index (χ0) is 15.0. The highest BCUT2D eigenvalue weighted by Crippen LogP contribution is 2.40. The topological polar surface area (TPSA) is 26.3 Å². The van der Waals surface area contributed by atoms with Crippen LogP contribution in [-0.2, 0) is 6.42 Å². The van der Waals surface area contributed by atoms with Crippen LogP contribution < -0.4 is 4.74 Å². The van der Waals surface area contributed by atoms with E-state index in [4.69, 9.17) is 16.3 Å². The molecule has 0 spiro atoms. The number of fused-ring (bicyclic) bond motifs is 1. The number of ether oxygens (including phenoxy) is 1. The van der Waals surface area contributed by atoms with E-state index < -0.39 is 0 Å². The molecule has 0 fully saturated rings. The quantitative estimate of drug-likeness (QED) is 0.691. The second-order valence-electron chi connectivity index (χ2n) is 5.21. The maximum atomic E-state index is 10.9. The Labute approximate surface area is 137 Å². The molecular weight excluding hydrogens is 352 g/mol. The molecule has 21 heavy (non-hydrogen) atoms. The first-order valence-corrected chi connectivity index (χ1v) is 7.96. The SMILES string of the molecule is Cc1cc(O[C@H]2CCc3c(Br)cccc32)c(Cl)cc1C=O. The molecule has 1 atom stereocenters. The lowest BCUT2D eigenvalue weighted by molar-refractivity contribution is 0.112. The molecule has 0 unspecified atom stereocenters. The molecule has 1 aliphatic carbocycles. The first-order valence-electron chi connectivity index (χ1n) is 6.79. The molecular formula is C17H14BrClO2. The van der Waals surface area contributed by atoms with E-state index in [9.17, 15) is 4.79 Å². The van der Waals surface area contributed by atoms with Crippen molar-refractivity contribution in [2.24, 2.45) is 0 Å². The van der Waals surface area contributed by atoms with E-state index in [-0.39, 0.29) is 6.10 Å². The van der Waals surface area contributed by atoms with Gasteiger partial charge < -0.3 is 4.74 Å². The lowest BCUT2D eigenvalue weighted by Gasteiger charge is -2.17. The summed E-state index contributed by atoms with van der Waals surface area (Å²) in [4.78, 5) is 10.9. The lowest BCUT2D eigenvalue weighted by Crippen LogP contribution is -2.04. The van der Waals surface area contributed by atoms with Gasteiger partial charge in [-0.15, -0.1) is 0 Å². The van der Waals surface area contributed by atoms with Gasteiger partial charge in [-0.25, -0.2) is 0 Å². The minimum absolute atomic E-state index is 0.0106. The smallest absolute Gasteiger partial charge is 0.150 e. The first kappa shape index (κ1) is 14.6. The van der Waals surface area contributed by atoms with Gasteiger partial charge in [0, 0.05) is 10.0 Å². The summed E-state index contributed by atoms with van der Waals surface area (Å²) in [5.41, 5.74) is 3.98. The fraction of sp³-hybridized carbons (Fsp3) is 0.235. The van der Waals surface area contributed by atoms with Crippen LogP contribution in [-0.4, -0.2) is 6.29 Å². The first-order chi connectivity index (χ1) is 10.1. The van der Waals surface area contributed by atoms with Gasteiger partial charge in [0.2, 0.25) is 0 Å². The van der Waals surface area contributed by atoms with E-state index >= 15 is 0 Å². The minimum atomic E-state index is 0.0106. The van der Waals surface area contributed by atoms with Gasteiger partial charge in [0.25, 0.3) is 0 Å². The van der Waals surface area contributed by atoms with Crippen LogP contribution in [0.25, 0.3) is 0 Å². The monoisotopic (exact) mass is 364 g/mol. The van der Waals surface area contributed by atoms with Crippen molar-refractivity contribution in [3.05, 3.63) is 62.1 Å². The van der Waals surface area contributed by atoms with Crippen LogP contribution in [0.1, 0.15) is 39.6 Å². The van der Waals surface area contributed by atoms with Gasteiger partial charge in [0.05, 0.1) is 5.02 Å². The average Bonchev–Trinajstić information content (AvgIpc) is 2.87. The normalized spacial score (nSPS) is 16.6.